The van der Waals surface area contributed by atoms with Gasteiger partial charge in [-0.25, -0.2) is 14.6 Å². The Kier molecular flexibility index (Phi) is 1.79. The van der Waals surface area contributed by atoms with Gasteiger partial charge >= 0.3 is 0 Å². The Bertz CT molecular complexity index is 505. The molecule has 0 spiro atoms. The highest BCUT2D eigenvalue weighted by Gasteiger charge is 2.28. The quantitative estimate of drug-likeness (QED) is 0.750. The van der Waals surface area contributed by atoms with E-state index in [0.29, 0.717) is 11.2 Å². The van der Waals surface area contributed by atoms with Crippen molar-refractivity contribution in [3.63, 3.8) is 0 Å². The second-order valence-electron chi connectivity index (χ2n) is 3.33. The third kappa shape index (κ3) is 1.15. The SMILES string of the molecule is Clc1ncnc2c1c(Br)nn2C1CC1. The first-order valence-electron chi connectivity index (χ1n) is 4.31. The summed E-state index contributed by atoms with van der Waals surface area (Å²) >= 11 is 9.33. The fraction of sp³-hybridized carbons (Fsp3) is 0.375. The van der Waals surface area contributed by atoms with Crippen LogP contribution in [0.3, 0.4) is 0 Å². The van der Waals surface area contributed by atoms with Crippen LogP contribution in [-0.4, -0.2) is 19.7 Å². The van der Waals surface area contributed by atoms with Crippen molar-refractivity contribution in [3.8, 4) is 0 Å². The Balaban J connectivity index is 2.37. The molecule has 0 bridgehead atoms. The van der Waals surface area contributed by atoms with E-state index in [9.17, 15) is 0 Å². The summed E-state index contributed by atoms with van der Waals surface area (Å²) in [6.07, 6.45) is 3.81. The van der Waals surface area contributed by atoms with Gasteiger partial charge in [0.2, 0.25) is 0 Å². The second kappa shape index (κ2) is 2.90. The highest BCUT2D eigenvalue weighted by Crippen LogP contribution is 2.38. The summed E-state index contributed by atoms with van der Waals surface area (Å²) in [4.78, 5) is 8.13. The van der Waals surface area contributed by atoms with Crippen molar-refractivity contribution in [2.75, 3.05) is 0 Å². The lowest BCUT2D eigenvalue weighted by atomic mass is 10.4. The van der Waals surface area contributed by atoms with E-state index in [1.807, 2.05) is 4.68 Å². The lowest BCUT2D eigenvalue weighted by molar-refractivity contribution is 0.653. The predicted molar refractivity (Wildman–Crippen MR) is 56.3 cm³/mol. The van der Waals surface area contributed by atoms with Gasteiger partial charge in [0.05, 0.1) is 11.4 Å². The van der Waals surface area contributed by atoms with Gasteiger partial charge in [0, 0.05) is 0 Å². The molecule has 4 nitrogen and oxygen atoms in total. The molecule has 1 aliphatic rings. The zero-order valence-corrected chi connectivity index (χ0v) is 9.46. The maximum atomic E-state index is 5.97. The first-order valence-corrected chi connectivity index (χ1v) is 5.48. The molecule has 0 unspecified atom stereocenters. The smallest absolute Gasteiger partial charge is 0.164 e. The molecule has 0 amide bonds. The van der Waals surface area contributed by atoms with Crippen molar-refractivity contribution >= 4 is 38.6 Å². The van der Waals surface area contributed by atoms with Gasteiger partial charge in [-0.3, -0.25) is 0 Å². The third-order valence-corrected chi connectivity index (χ3v) is 3.13. The Hall–Kier alpha value is -0.680. The molecule has 0 N–H and O–H groups in total. The monoisotopic (exact) mass is 272 g/mol. The highest BCUT2D eigenvalue weighted by molar-refractivity contribution is 9.10. The summed E-state index contributed by atoms with van der Waals surface area (Å²) in [5.41, 5.74) is 0.819. The van der Waals surface area contributed by atoms with Crippen molar-refractivity contribution in [1.29, 1.82) is 0 Å². The number of hydrogen-bond donors (Lipinski definition) is 0. The molecule has 1 saturated carbocycles. The standard InChI is InChI=1S/C8H6BrClN4/c9-6-5-7(10)11-3-12-8(5)14(13-6)4-1-2-4/h3-4H,1-2H2. The van der Waals surface area contributed by atoms with Crippen LogP contribution in [0.2, 0.25) is 5.15 Å². The molecule has 0 saturated heterocycles. The Morgan fingerprint density at radius 1 is 1.43 bits per heavy atom. The fourth-order valence-corrected chi connectivity index (χ4v) is 2.34. The van der Waals surface area contributed by atoms with E-state index in [2.05, 4.69) is 31.0 Å². The first kappa shape index (κ1) is 8.61. The van der Waals surface area contributed by atoms with Crippen LogP contribution in [0.4, 0.5) is 0 Å². The number of hydrogen-bond acceptors (Lipinski definition) is 3. The van der Waals surface area contributed by atoms with Crippen LogP contribution in [-0.2, 0) is 0 Å². The molecule has 0 aromatic carbocycles. The van der Waals surface area contributed by atoms with E-state index in [1.165, 1.54) is 19.2 Å². The maximum Gasteiger partial charge on any atom is 0.164 e. The maximum absolute atomic E-state index is 5.97. The normalized spacial score (nSPS) is 16.4. The van der Waals surface area contributed by atoms with Crippen LogP contribution >= 0.6 is 27.5 Å². The average Bonchev–Trinajstić information content (AvgIpc) is 2.93. The molecular formula is C8H6BrClN4. The van der Waals surface area contributed by atoms with E-state index in [1.54, 1.807) is 0 Å². The number of rotatable bonds is 1. The van der Waals surface area contributed by atoms with Gasteiger partial charge in [0.15, 0.2) is 5.65 Å². The third-order valence-electron chi connectivity index (χ3n) is 2.29. The van der Waals surface area contributed by atoms with Gasteiger partial charge < -0.3 is 0 Å². The van der Waals surface area contributed by atoms with E-state index in [-0.39, 0.29) is 0 Å². The molecule has 2 aromatic heterocycles. The van der Waals surface area contributed by atoms with E-state index < -0.39 is 0 Å². The highest BCUT2D eigenvalue weighted by atomic mass is 79.9. The molecule has 6 heteroatoms. The Labute approximate surface area is 93.4 Å². The molecule has 3 rings (SSSR count). The van der Waals surface area contributed by atoms with E-state index in [0.717, 1.165) is 15.6 Å². The van der Waals surface area contributed by atoms with Crippen molar-refractivity contribution in [3.05, 3.63) is 16.1 Å². The minimum atomic E-state index is 0.453. The number of aromatic nitrogens is 4. The summed E-state index contributed by atoms with van der Waals surface area (Å²) in [5, 5.41) is 5.62. The minimum absolute atomic E-state index is 0.453. The average molecular weight is 274 g/mol. The number of halogens is 2. The number of nitrogens with zero attached hydrogens (tertiary/aromatic N) is 4. The van der Waals surface area contributed by atoms with Crippen molar-refractivity contribution < 1.29 is 0 Å². The molecular weight excluding hydrogens is 267 g/mol. The molecule has 72 valence electrons. The molecule has 2 heterocycles. The Morgan fingerprint density at radius 2 is 2.21 bits per heavy atom. The van der Waals surface area contributed by atoms with Gasteiger partial charge in [0.1, 0.15) is 16.1 Å². The van der Waals surface area contributed by atoms with Crippen LogP contribution in [0.5, 0.6) is 0 Å². The van der Waals surface area contributed by atoms with Gasteiger partial charge in [-0.1, -0.05) is 11.6 Å². The summed E-state index contributed by atoms with van der Waals surface area (Å²) in [6.45, 7) is 0. The molecule has 14 heavy (non-hydrogen) atoms. The molecule has 0 radical (unpaired) electrons. The zero-order valence-electron chi connectivity index (χ0n) is 7.11. The molecule has 0 aliphatic heterocycles. The van der Waals surface area contributed by atoms with Crippen LogP contribution in [0.15, 0.2) is 10.9 Å². The van der Waals surface area contributed by atoms with Crippen LogP contribution in [0.25, 0.3) is 11.0 Å². The second-order valence-corrected chi connectivity index (χ2v) is 4.44. The summed E-state index contributed by atoms with van der Waals surface area (Å²) in [5.74, 6) is 0. The van der Waals surface area contributed by atoms with Gasteiger partial charge in [0.25, 0.3) is 0 Å². The van der Waals surface area contributed by atoms with Gasteiger partial charge in [-0.15, -0.1) is 0 Å². The van der Waals surface area contributed by atoms with E-state index >= 15 is 0 Å². The Morgan fingerprint density at radius 3 is 2.93 bits per heavy atom. The number of fused-ring (bicyclic) bond motifs is 1. The molecule has 0 atom stereocenters. The zero-order chi connectivity index (χ0) is 9.71. The molecule has 1 fully saturated rings. The fourth-order valence-electron chi connectivity index (χ4n) is 1.47. The molecule has 2 aromatic rings. The first-order chi connectivity index (χ1) is 6.77. The van der Waals surface area contributed by atoms with E-state index in [4.69, 9.17) is 11.6 Å². The van der Waals surface area contributed by atoms with Crippen LogP contribution in [0.1, 0.15) is 18.9 Å². The summed E-state index contributed by atoms with van der Waals surface area (Å²) < 4.78 is 2.65. The van der Waals surface area contributed by atoms with Crippen LogP contribution in [0, 0.1) is 0 Å². The van der Waals surface area contributed by atoms with Gasteiger partial charge in [-0.2, -0.15) is 5.10 Å². The minimum Gasteiger partial charge on any atom is -0.243 e. The van der Waals surface area contributed by atoms with Crippen molar-refractivity contribution in [2.45, 2.75) is 18.9 Å². The van der Waals surface area contributed by atoms with Crippen molar-refractivity contribution in [2.24, 2.45) is 0 Å². The van der Waals surface area contributed by atoms with Gasteiger partial charge in [-0.05, 0) is 28.8 Å². The topological polar surface area (TPSA) is 43.6 Å². The predicted octanol–water partition coefficient (Wildman–Crippen LogP) is 2.58. The largest absolute Gasteiger partial charge is 0.243 e. The lowest BCUT2D eigenvalue weighted by Crippen LogP contribution is -1.97. The summed E-state index contributed by atoms with van der Waals surface area (Å²) in [6, 6.07) is 0.495. The van der Waals surface area contributed by atoms with Crippen molar-refractivity contribution in [1.82, 2.24) is 19.7 Å². The van der Waals surface area contributed by atoms with Crippen LogP contribution < -0.4 is 0 Å². The lowest BCUT2D eigenvalue weighted by Gasteiger charge is -1.97. The molecule has 1 aliphatic carbocycles. The summed E-state index contributed by atoms with van der Waals surface area (Å²) in [7, 11) is 0.